The fourth-order valence-corrected chi connectivity index (χ4v) is 3.77. The molecule has 0 aliphatic carbocycles. The molecule has 1 atom stereocenters. The van der Waals surface area contributed by atoms with Gasteiger partial charge in [-0.2, -0.15) is 0 Å². The Labute approximate surface area is 155 Å². The lowest BCUT2D eigenvalue weighted by Gasteiger charge is -2.33. The normalized spacial score (nSPS) is 22.9. The van der Waals surface area contributed by atoms with Crippen LogP contribution in [0.1, 0.15) is 37.7 Å². The van der Waals surface area contributed by atoms with Gasteiger partial charge in [-0.15, -0.1) is 0 Å². The zero-order chi connectivity index (χ0) is 18.4. The number of carbonyl (C=O) groups excluding carboxylic acids is 2. The van der Waals surface area contributed by atoms with Crippen molar-refractivity contribution in [2.75, 3.05) is 26.2 Å². The van der Waals surface area contributed by atoms with Crippen LogP contribution in [0.3, 0.4) is 0 Å². The number of aliphatic hydroxyl groups is 1. The Morgan fingerprint density at radius 3 is 2.54 bits per heavy atom. The van der Waals surface area contributed by atoms with Gasteiger partial charge in [-0.25, -0.2) is 0 Å². The number of aliphatic hydroxyl groups excluding tert-OH is 1. The van der Waals surface area contributed by atoms with E-state index in [1.807, 2.05) is 6.07 Å². The van der Waals surface area contributed by atoms with Gasteiger partial charge in [-0.05, 0) is 37.7 Å². The van der Waals surface area contributed by atoms with Crippen LogP contribution in [0, 0.1) is 0 Å². The van der Waals surface area contributed by atoms with Gasteiger partial charge >= 0.3 is 0 Å². The first-order valence-electron chi connectivity index (χ1n) is 9.64. The van der Waals surface area contributed by atoms with Crippen LogP contribution in [-0.4, -0.2) is 65.0 Å². The number of rotatable bonds is 5. The van der Waals surface area contributed by atoms with E-state index in [1.54, 1.807) is 0 Å². The van der Waals surface area contributed by atoms with Crippen LogP contribution in [0.15, 0.2) is 30.3 Å². The summed E-state index contributed by atoms with van der Waals surface area (Å²) < 4.78 is 0. The zero-order valence-electron chi connectivity index (χ0n) is 15.3. The molecule has 2 saturated heterocycles. The Hall–Kier alpha value is -1.92. The summed E-state index contributed by atoms with van der Waals surface area (Å²) in [5.41, 5.74) is 1.31. The highest BCUT2D eigenvalue weighted by atomic mass is 16.3. The molecule has 3 rings (SSSR count). The number of hydrogen-bond donors (Lipinski definition) is 2. The summed E-state index contributed by atoms with van der Waals surface area (Å²) in [7, 11) is 0. The lowest BCUT2D eigenvalue weighted by Crippen LogP contribution is -2.49. The van der Waals surface area contributed by atoms with Crippen molar-refractivity contribution in [3.8, 4) is 0 Å². The van der Waals surface area contributed by atoms with E-state index in [0.29, 0.717) is 13.0 Å². The van der Waals surface area contributed by atoms with Crippen molar-refractivity contribution < 1.29 is 14.7 Å². The van der Waals surface area contributed by atoms with Crippen molar-refractivity contribution in [3.05, 3.63) is 35.9 Å². The first-order valence-corrected chi connectivity index (χ1v) is 9.64. The molecule has 0 bridgehead atoms. The minimum Gasteiger partial charge on any atom is -0.383 e. The van der Waals surface area contributed by atoms with Gasteiger partial charge in [0.2, 0.25) is 5.91 Å². The number of carbonyl (C=O) groups is 2. The summed E-state index contributed by atoms with van der Waals surface area (Å²) in [5, 5.41) is 12.8. The Kier molecular flexibility index (Phi) is 6.63. The van der Waals surface area contributed by atoms with Crippen molar-refractivity contribution in [1.29, 1.82) is 0 Å². The zero-order valence-corrected chi connectivity index (χ0v) is 15.3. The maximum Gasteiger partial charge on any atom is 0.251 e. The van der Waals surface area contributed by atoms with Crippen molar-refractivity contribution in [2.24, 2.45) is 0 Å². The van der Waals surface area contributed by atoms with Crippen molar-refractivity contribution in [1.82, 2.24) is 15.1 Å². The van der Waals surface area contributed by atoms with Gasteiger partial charge in [-0.3, -0.25) is 14.5 Å². The number of hydrogen-bond acceptors (Lipinski definition) is 4. The monoisotopic (exact) mass is 359 g/mol. The third kappa shape index (κ3) is 5.29. The van der Waals surface area contributed by atoms with Gasteiger partial charge < -0.3 is 15.3 Å². The average molecular weight is 359 g/mol. The standard InChI is InChI=1S/C20H29N3O3/c24-18-8-4-5-11-23(20(18)26)15-19(25)21-17-9-12-22(13-10-17)14-16-6-2-1-3-7-16/h1-3,6-7,17-18,24H,4-5,8-15H2,(H,21,25). The quantitative estimate of drug-likeness (QED) is 0.827. The summed E-state index contributed by atoms with van der Waals surface area (Å²) in [6.45, 7) is 3.48. The Morgan fingerprint density at radius 2 is 1.81 bits per heavy atom. The Bertz CT molecular complexity index is 600. The molecule has 2 amide bonds. The molecule has 2 heterocycles. The van der Waals surface area contributed by atoms with E-state index in [0.717, 1.165) is 45.3 Å². The molecule has 0 saturated carbocycles. The molecule has 142 valence electrons. The molecule has 26 heavy (non-hydrogen) atoms. The predicted molar refractivity (Wildman–Crippen MR) is 99.3 cm³/mol. The Balaban J connectivity index is 1.41. The maximum atomic E-state index is 12.3. The second-order valence-electron chi connectivity index (χ2n) is 7.37. The minimum atomic E-state index is -0.952. The van der Waals surface area contributed by atoms with Gasteiger partial charge in [-0.1, -0.05) is 30.3 Å². The average Bonchev–Trinajstić information content (AvgIpc) is 2.80. The van der Waals surface area contributed by atoms with Gasteiger partial charge in [0.15, 0.2) is 0 Å². The smallest absolute Gasteiger partial charge is 0.251 e. The minimum absolute atomic E-state index is 0.0557. The van der Waals surface area contributed by atoms with Crippen LogP contribution in [0.5, 0.6) is 0 Å². The van der Waals surface area contributed by atoms with Gasteiger partial charge in [0, 0.05) is 32.2 Å². The number of nitrogens with one attached hydrogen (secondary N) is 1. The second-order valence-corrected chi connectivity index (χ2v) is 7.37. The van der Waals surface area contributed by atoms with E-state index in [9.17, 15) is 14.7 Å². The molecular weight excluding hydrogens is 330 g/mol. The second kappa shape index (κ2) is 9.14. The molecule has 1 aromatic rings. The van der Waals surface area contributed by atoms with E-state index < -0.39 is 6.10 Å². The lowest BCUT2D eigenvalue weighted by molar-refractivity contribution is -0.142. The third-order valence-corrected chi connectivity index (χ3v) is 5.29. The SMILES string of the molecule is O=C(CN1CCCCC(O)C1=O)NC1CCN(Cc2ccccc2)CC1. The van der Waals surface area contributed by atoms with Crippen LogP contribution < -0.4 is 5.32 Å². The largest absolute Gasteiger partial charge is 0.383 e. The molecule has 0 spiro atoms. The van der Waals surface area contributed by atoms with Crippen molar-refractivity contribution in [2.45, 2.75) is 50.8 Å². The molecule has 6 nitrogen and oxygen atoms in total. The molecule has 0 radical (unpaired) electrons. The molecule has 2 N–H and O–H groups in total. The summed E-state index contributed by atoms with van der Waals surface area (Å²) >= 11 is 0. The fraction of sp³-hybridized carbons (Fsp3) is 0.600. The number of benzene rings is 1. The van der Waals surface area contributed by atoms with Crippen LogP contribution in [-0.2, 0) is 16.1 Å². The van der Waals surface area contributed by atoms with Gasteiger partial charge in [0.25, 0.3) is 5.91 Å². The fourth-order valence-electron chi connectivity index (χ4n) is 3.77. The molecular formula is C20H29N3O3. The number of piperidine rings is 1. The van der Waals surface area contributed by atoms with Gasteiger partial charge in [0.05, 0.1) is 6.54 Å². The third-order valence-electron chi connectivity index (χ3n) is 5.29. The molecule has 6 heteroatoms. The molecule has 1 unspecified atom stereocenters. The van der Waals surface area contributed by atoms with Gasteiger partial charge in [0.1, 0.15) is 6.10 Å². The van der Waals surface area contributed by atoms with Crippen LogP contribution in [0.25, 0.3) is 0 Å². The van der Waals surface area contributed by atoms with E-state index in [-0.39, 0.29) is 24.4 Å². The molecule has 2 aliphatic rings. The number of amides is 2. The highest BCUT2D eigenvalue weighted by molar-refractivity contribution is 5.87. The summed E-state index contributed by atoms with van der Waals surface area (Å²) in [6, 6.07) is 10.6. The first kappa shape index (κ1) is 18.9. The number of likely N-dealkylation sites (tertiary alicyclic amines) is 2. The van der Waals surface area contributed by atoms with E-state index in [1.165, 1.54) is 10.5 Å². The summed E-state index contributed by atoms with van der Waals surface area (Å²) in [4.78, 5) is 28.3. The van der Waals surface area contributed by atoms with Crippen molar-refractivity contribution in [3.63, 3.8) is 0 Å². The first-order chi connectivity index (χ1) is 12.6. The van der Waals surface area contributed by atoms with Crippen molar-refractivity contribution >= 4 is 11.8 Å². The predicted octanol–water partition coefficient (Wildman–Crippen LogP) is 1.14. The van der Waals surface area contributed by atoms with E-state index >= 15 is 0 Å². The molecule has 2 fully saturated rings. The molecule has 1 aromatic carbocycles. The lowest BCUT2D eigenvalue weighted by atomic mass is 10.0. The van der Waals surface area contributed by atoms with Crippen LogP contribution in [0.4, 0.5) is 0 Å². The highest BCUT2D eigenvalue weighted by Crippen LogP contribution is 2.15. The van der Waals surface area contributed by atoms with Crippen LogP contribution in [0.2, 0.25) is 0 Å². The van der Waals surface area contributed by atoms with E-state index in [2.05, 4.69) is 34.5 Å². The van der Waals surface area contributed by atoms with Crippen LogP contribution >= 0.6 is 0 Å². The summed E-state index contributed by atoms with van der Waals surface area (Å²) in [5.74, 6) is -0.427. The van der Waals surface area contributed by atoms with E-state index in [4.69, 9.17) is 0 Å². The highest BCUT2D eigenvalue weighted by Gasteiger charge is 2.27. The molecule has 2 aliphatic heterocycles. The molecule has 0 aromatic heterocycles. The topological polar surface area (TPSA) is 72.9 Å². The maximum absolute atomic E-state index is 12.3. The summed E-state index contributed by atoms with van der Waals surface area (Å²) in [6.07, 6.45) is 3.06. The Morgan fingerprint density at radius 1 is 1.08 bits per heavy atom. The number of nitrogens with zero attached hydrogens (tertiary/aromatic N) is 2.